The minimum atomic E-state index is -0.637. The minimum Gasteiger partial charge on any atom is -0.507 e. The van der Waals surface area contributed by atoms with Crippen molar-refractivity contribution in [2.24, 2.45) is 0 Å². The standard InChI is InChI=1S/C29H30N2O3/c1-30(2)16-17-31-26(24-13-7-11-20-9-5-6-12-23(20)24)25(28(33)29(31)34)27(32)22-15-14-19-8-3-4-10-21(19)18-22/h5-7,9,11-15,18,26,32H,3-4,8,10,16-17H2,1-2H3/b27-25-. The third-order valence-corrected chi connectivity index (χ3v) is 7.07. The number of hydrogen-bond acceptors (Lipinski definition) is 4. The maximum absolute atomic E-state index is 13.4. The van der Waals surface area contributed by atoms with E-state index in [1.54, 1.807) is 4.90 Å². The molecule has 1 saturated heterocycles. The Labute approximate surface area is 200 Å². The van der Waals surface area contributed by atoms with Gasteiger partial charge in [0.1, 0.15) is 5.76 Å². The zero-order chi connectivity index (χ0) is 23.8. The first kappa shape index (κ1) is 22.4. The molecule has 0 aromatic heterocycles. The summed E-state index contributed by atoms with van der Waals surface area (Å²) in [6.07, 6.45) is 4.32. The Kier molecular flexibility index (Phi) is 5.96. The van der Waals surface area contributed by atoms with Gasteiger partial charge in [0, 0.05) is 18.7 Å². The number of nitrogens with zero attached hydrogens (tertiary/aromatic N) is 2. The molecule has 0 bridgehead atoms. The number of hydrogen-bond donors (Lipinski definition) is 1. The number of amides is 1. The molecule has 1 aliphatic carbocycles. The Hall–Kier alpha value is -3.44. The van der Waals surface area contributed by atoms with E-state index in [-0.39, 0.29) is 11.3 Å². The Morgan fingerprint density at radius 3 is 2.50 bits per heavy atom. The molecule has 5 rings (SSSR count). The Balaban J connectivity index is 1.69. The van der Waals surface area contributed by atoms with Gasteiger partial charge >= 0.3 is 0 Å². The molecular formula is C29H30N2O3. The van der Waals surface area contributed by atoms with Crippen molar-refractivity contribution in [1.29, 1.82) is 0 Å². The summed E-state index contributed by atoms with van der Waals surface area (Å²) in [7, 11) is 3.88. The predicted molar refractivity (Wildman–Crippen MR) is 135 cm³/mol. The second kappa shape index (κ2) is 9.07. The smallest absolute Gasteiger partial charge is 0.295 e. The molecule has 1 fully saturated rings. The SMILES string of the molecule is CN(C)CCN1C(=O)C(=O)/C(=C(\O)c2ccc3c(c2)CCCC3)C1c1cccc2ccccc12. The highest BCUT2D eigenvalue weighted by Gasteiger charge is 2.46. The summed E-state index contributed by atoms with van der Waals surface area (Å²) in [5.74, 6) is -1.26. The number of Topliss-reactive ketones (excluding diaryl/α,β-unsaturated/α-hetero) is 1. The number of aliphatic hydroxyl groups is 1. The fraction of sp³-hybridized carbons (Fsp3) is 0.310. The van der Waals surface area contributed by atoms with Crippen LogP contribution in [0.3, 0.4) is 0 Å². The molecule has 0 saturated carbocycles. The molecule has 1 atom stereocenters. The van der Waals surface area contributed by atoms with Crippen LogP contribution in [0.5, 0.6) is 0 Å². The fourth-order valence-corrected chi connectivity index (χ4v) is 5.27. The van der Waals surface area contributed by atoms with Crippen molar-refractivity contribution in [3.63, 3.8) is 0 Å². The predicted octanol–water partition coefficient (Wildman–Crippen LogP) is 4.70. The number of carbonyl (C=O) groups excluding carboxylic acids is 2. The Morgan fingerprint density at radius 2 is 1.71 bits per heavy atom. The zero-order valence-electron chi connectivity index (χ0n) is 19.8. The highest BCUT2D eigenvalue weighted by atomic mass is 16.3. The van der Waals surface area contributed by atoms with Crippen molar-refractivity contribution in [2.75, 3.05) is 27.2 Å². The van der Waals surface area contributed by atoms with Crippen molar-refractivity contribution in [3.05, 3.63) is 88.5 Å². The number of aliphatic hydroxyl groups excluding tert-OH is 1. The largest absolute Gasteiger partial charge is 0.507 e. The van der Waals surface area contributed by atoms with Gasteiger partial charge in [-0.25, -0.2) is 0 Å². The third-order valence-electron chi connectivity index (χ3n) is 7.07. The number of fused-ring (bicyclic) bond motifs is 2. The van der Waals surface area contributed by atoms with Crippen molar-refractivity contribution in [2.45, 2.75) is 31.7 Å². The number of benzene rings is 3. The Morgan fingerprint density at radius 1 is 0.971 bits per heavy atom. The first-order valence-corrected chi connectivity index (χ1v) is 12.0. The summed E-state index contributed by atoms with van der Waals surface area (Å²) in [6, 6.07) is 19.2. The van der Waals surface area contributed by atoms with Gasteiger partial charge in [-0.15, -0.1) is 0 Å². The summed E-state index contributed by atoms with van der Waals surface area (Å²) < 4.78 is 0. The van der Waals surface area contributed by atoms with Gasteiger partial charge in [-0.3, -0.25) is 9.59 Å². The number of likely N-dealkylation sites (tertiary alicyclic amines) is 1. The minimum absolute atomic E-state index is 0.0861. The average Bonchev–Trinajstić information content (AvgIpc) is 3.11. The second-order valence-corrected chi connectivity index (χ2v) is 9.55. The average molecular weight is 455 g/mol. The lowest BCUT2D eigenvalue weighted by Gasteiger charge is -2.27. The molecule has 34 heavy (non-hydrogen) atoms. The summed E-state index contributed by atoms with van der Waals surface area (Å²) in [6.45, 7) is 1.01. The van der Waals surface area contributed by atoms with E-state index < -0.39 is 17.7 Å². The first-order valence-electron chi connectivity index (χ1n) is 12.0. The van der Waals surface area contributed by atoms with Gasteiger partial charge in [0.15, 0.2) is 0 Å². The van der Waals surface area contributed by atoms with Crippen LogP contribution in [0.25, 0.3) is 16.5 Å². The molecule has 3 aromatic carbocycles. The fourth-order valence-electron chi connectivity index (χ4n) is 5.27. The number of rotatable bonds is 5. The van der Waals surface area contributed by atoms with E-state index in [1.165, 1.54) is 17.5 Å². The van der Waals surface area contributed by atoms with Gasteiger partial charge in [-0.2, -0.15) is 0 Å². The molecule has 0 radical (unpaired) electrons. The van der Waals surface area contributed by atoms with E-state index >= 15 is 0 Å². The van der Waals surface area contributed by atoms with E-state index in [2.05, 4.69) is 6.07 Å². The van der Waals surface area contributed by atoms with Crippen LogP contribution in [0.15, 0.2) is 66.2 Å². The molecule has 1 heterocycles. The number of aryl methyl sites for hydroxylation is 2. The molecule has 1 N–H and O–H groups in total. The molecule has 2 aliphatic rings. The molecule has 5 nitrogen and oxygen atoms in total. The van der Waals surface area contributed by atoms with Crippen LogP contribution in [-0.2, 0) is 22.4 Å². The summed E-state index contributed by atoms with van der Waals surface area (Å²) in [5.41, 5.74) is 4.17. The summed E-state index contributed by atoms with van der Waals surface area (Å²) >= 11 is 0. The lowest BCUT2D eigenvalue weighted by Crippen LogP contribution is -2.35. The van der Waals surface area contributed by atoms with Gasteiger partial charge in [0.25, 0.3) is 11.7 Å². The van der Waals surface area contributed by atoms with Crippen molar-refractivity contribution in [1.82, 2.24) is 9.80 Å². The van der Waals surface area contributed by atoms with Crippen LogP contribution in [0, 0.1) is 0 Å². The summed E-state index contributed by atoms with van der Waals surface area (Å²) in [5, 5.41) is 13.5. The van der Waals surface area contributed by atoms with E-state index in [9.17, 15) is 14.7 Å². The second-order valence-electron chi connectivity index (χ2n) is 9.55. The lowest BCUT2D eigenvalue weighted by molar-refractivity contribution is -0.140. The monoisotopic (exact) mass is 454 g/mol. The third kappa shape index (κ3) is 3.90. The van der Waals surface area contributed by atoms with Gasteiger partial charge in [0.2, 0.25) is 0 Å². The van der Waals surface area contributed by atoms with Crippen LogP contribution in [0.4, 0.5) is 0 Å². The maximum Gasteiger partial charge on any atom is 0.295 e. The molecule has 0 spiro atoms. The van der Waals surface area contributed by atoms with Crippen LogP contribution >= 0.6 is 0 Å². The van der Waals surface area contributed by atoms with Gasteiger partial charge in [-0.1, -0.05) is 54.6 Å². The van der Waals surface area contributed by atoms with E-state index in [4.69, 9.17) is 0 Å². The highest BCUT2D eigenvalue weighted by molar-refractivity contribution is 6.46. The topological polar surface area (TPSA) is 60.9 Å². The van der Waals surface area contributed by atoms with Crippen LogP contribution in [0.2, 0.25) is 0 Å². The van der Waals surface area contributed by atoms with Crippen molar-refractivity contribution >= 4 is 28.2 Å². The molecule has 5 heteroatoms. The maximum atomic E-state index is 13.4. The van der Waals surface area contributed by atoms with E-state index in [0.29, 0.717) is 18.7 Å². The molecule has 3 aromatic rings. The van der Waals surface area contributed by atoms with Gasteiger partial charge in [0.05, 0.1) is 11.6 Å². The molecule has 1 aliphatic heterocycles. The van der Waals surface area contributed by atoms with E-state index in [0.717, 1.165) is 35.6 Å². The van der Waals surface area contributed by atoms with Crippen LogP contribution in [-0.4, -0.2) is 53.8 Å². The van der Waals surface area contributed by atoms with E-state index in [1.807, 2.05) is 73.6 Å². The van der Waals surface area contributed by atoms with Crippen molar-refractivity contribution < 1.29 is 14.7 Å². The van der Waals surface area contributed by atoms with Crippen molar-refractivity contribution in [3.8, 4) is 0 Å². The molecular weight excluding hydrogens is 424 g/mol. The van der Waals surface area contributed by atoms with Crippen LogP contribution < -0.4 is 0 Å². The van der Waals surface area contributed by atoms with Gasteiger partial charge in [-0.05, 0) is 73.3 Å². The molecule has 1 amide bonds. The van der Waals surface area contributed by atoms with Crippen LogP contribution in [0.1, 0.15) is 41.1 Å². The normalized spacial score (nSPS) is 19.7. The van der Waals surface area contributed by atoms with Gasteiger partial charge < -0.3 is 14.9 Å². The highest BCUT2D eigenvalue weighted by Crippen LogP contribution is 2.42. The quantitative estimate of drug-likeness (QED) is 0.345. The number of ketones is 1. The Bertz CT molecular complexity index is 1300. The lowest BCUT2D eigenvalue weighted by atomic mass is 9.88. The summed E-state index contributed by atoms with van der Waals surface area (Å²) in [4.78, 5) is 30.2. The number of likely N-dealkylation sites (N-methyl/N-ethyl adjacent to an activating group) is 1. The molecule has 1 unspecified atom stereocenters. The number of carbonyl (C=O) groups is 2. The zero-order valence-corrected chi connectivity index (χ0v) is 19.8. The first-order chi connectivity index (χ1) is 16.5. The molecule has 174 valence electrons.